The molecular weight excluding hydrogens is 317 g/mol. The molecule has 22 heavy (non-hydrogen) atoms. The topological polar surface area (TPSA) is 22.1 Å². The number of aromatic nitrogens is 1. The second-order valence-corrected chi connectivity index (χ2v) is 5.64. The van der Waals surface area contributed by atoms with Gasteiger partial charge in [-0.3, -0.25) is 4.98 Å². The third kappa shape index (κ3) is 3.08. The van der Waals surface area contributed by atoms with E-state index in [1.807, 2.05) is 42.6 Å². The van der Waals surface area contributed by atoms with Gasteiger partial charge in [0.2, 0.25) is 0 Å². The van der Waals surface area contributed by atoms with Crippen LogP contribution in [0.3, 0.4) is 0 Å². The number of rotatable bonds is 3. The second kappa shape index (κ2) is 6.39. The van der Waals surface area contributed by atoms with E-state index in [-0.39, 0.29) is 0 Å². The van der Waals surface area contributed by atoms with Crippen LogP contribution in [0.25, 0.3) is 22.3 Å². The van der Waals surface area contributed by atoms with Crippen LogP contribution < -0.4 is 4.74 Å². The van der Waals surface area contributed by atoms with Gasteiger partial charge in [0.25, 0.3) is 0 Å². The van der Waals surface area contributed by atoms with Gasteiger partial charge in [-0.2, -0.15) is 0 Å². The predicted octanol–water partition coefficient (Wildman–Crippen LogP) is 5.73. The van der Waals surface area contributed by atoms with Gasteiger partial charge in [0.05, 0.1) is 17.2 Å². The zero-order valence-electron chi connectivity index (χ0n) is 11.9. The van der Waals surface area contributed by atoms with Crippen molar-refractivity contribution in [3.8, 4) is 28.0 Å². The van der Waals surface area contributed by atoms with Crippen molar-refractivity contribution in [3.63, 3.8) is 0 Å². The molecule has 2 aromatic carbocycles. The minimum atomic E-state index is 0.532. The van der Waals surface area contributed by atoms with E-state index in [9.17, 15) is 0 Å². The average Bonchev–Trinajstić information content (AvgIpc) is 2.57. The van der Waals surface area contributed by atoms with Crippen molar-refractivity contribution in [3.05, 3.63) is 71.0 Å². The average molecular weight is 330 g/mol. The maximum atomic E-state index is 6.12. The van der Waals surface area contributed by atoms with E-state index in [2.05, 4.69) is 11.1 Å². The van der Waals surface area contributed by atoms with Gasteiger partial charge < -0.3 is 4.74 Å². The molecule has 0 aliphatic rings. The van der Waals surface area contributed by atoms with E-state index in [4.69, 9.17) is 27.9 Å². The molecule has 0 radical (unpaired) electrons. The molecule has 0 unspecified atom stereocenters. The van der Waals surface area contributed by atoms with Crippen molar-refractivity contribution in [1.29, 1.82) is 0 Å². The van der Waals surface area contributed by atoms with Gasteiger partial charge in [-0.15, -0.1) is 0 Å². The summed E-state index contributed by atoms with van der Waals surface area (Å²) in [5.74, 6) is 0.780. The van der Waals surface area contributed by atoms with Crippen molar-refractivity contribution < 1.29 is 4.74 Å². The fourth-order valence-corrected chi connectivity index (χ4v) is 2.56. The van der Waals surface area contributed by atoms with Gasteiger partial charge in [-0.05, 0) is 53.1 Å². The molecule has 1 aromatic heterocycles. The first kappa shape index (κ1) is 14.9. The highest BCUT2D eigenvalue weighted by Gasteiger charge is 2.07. The van der Waals surface area contributed by atoms with Crippen molar-refractivity contribution in [2.24, 2.45) is 0 Å². The summed E-state index contributed by atoms with van der Waals surface area (Å²) in [4.78, 5) is 4.17. The maximum absolute atomic E-state index is 6.12. The highest BCUT2D eigenvalue weighted by Crippen LogP contribution is 2.33. The van der Waals surface area contributed by atoms with Crippen molar-refractivity contribution in [1.82, 2.24) is 4.98 Å². The van der Waals surface area contributed by atoms with E-state index < -0.39 is 0 Å². The van der Waals surface area contributed by atoms with Gasteiger partial charge in [-0.25, -0.2) is 0 Å². The molecule has 110 valence electrons. The molecule has 0 aliphatic heterocycles. The van der Waals surface area contributed by atoms with E-state index in [1.54, 1.807) is 19.4 Å². The Morgan fingerprint density at radius 1 is 0.818 bits per heavy atom. The Morgan fingerprint density at radius 3 is 2.23 bits per heavy atom. The molecule has 1 heterocycles. The van der Waals surface area contributed by atoms with Crippen LogP contribution in [-0.4, -0.2) is 12.1 Å². The van der Waals surface area contributed by atoms with Crippen molar-refractivity contribution in [2.75, 3.05) is 7.11 Å². The summed E-state index contributed by atoms with van der Waals surface area (Å²) in [7, 11) is 1.65. The van der Waals surface area contributed by atoms with Gasteiger partial charge in [0.15, 0.2) is 0 Å². The number of hydrogen-bond acceptors (Lipinski definition) is 2. The summed E-state index contributed by atoms with van der Waals surface area (Å²) in [6, 6.07) is 15.6. The summed E-state index contributed by atoms with van der Waals surface area (Å²) in [6.07, 6.45) is 3.58. The first-order valence-electron chi connectivity index (χ1n) is 6.72. The molecule has 0 saturated heterocycles. The van der Waals surface area contributed by atoms with Crippen LogP contribution in [0, 0.1) is 0 Å². The van der Waals surface area contributed by atoms with Gasteiger partial charge in [-0.1, -0.05) is 35.3 Å². The molecule has 3 rings (SSSR count). The Hall–Kier alpha value is -2.03. The van der Waals surface area contributed by atoms with Crippen molar-refractivity contribution in [2.45, 2.75) is 0 Å². The van der Waals surface area contributed by atoms with E-state index in [1.165, 1.54) is 0 Å². The lowest BCUT2D eigenvalue weighted by atomic mass is 9.99. The first-order chi connectivity index (χ1) is 10.7. The SMILES string of the molecule is COc1cc(-c2cccnc2)cc(-c2ccc(Cl)c(Cl)c2)c1. The monoisotopic (exact) mass is 329 g/mol. The molecule has 0 N–H and O–H groups in total. The third-order valence-electron chi connectivity index (χ3n) is 3.39. The van der Waals surface area contributed by atoms with Crippen LogP contribution in [-0.2, 0) is 0 Å². The Kier molecular flexibility index (Phi) is 4.32. The summed E-state index contributed by atoms with van der Waals surface area (Å²) >= 11 is 12.1. The van der Waals surface area contributed by atoms with Crippen LogP contribution in [0.1, 0.15) is 0 Å². The number of halogens is 2. The van der Waals surface area contributed by atoms with Crippen LogP contribution in [0.4, 0.5) is 0 Å². The maximum Gasteiger partial charge on any atom is 0.120 e. The summed E-state index contributed by atoms with van der Waals surface area (Å²) < 4.78 is 5.41. The number of benzene rings is 2. The van der Waals surface area contributed by atoms with Crippen LogP contribution in [0.15, 0.2) is 60.9 Å². The third-order valence-corrected chi connectivity index (χ3v) is 4.13. The largest absolute Gasteiger partial charge is 0.497 e. The second-order valence-electron chi connectivity index (χ2n) is 4.82. The predicted molar refractivity (Wildman–Crippen MR) is 91.7 cm³/mol. The van der Waals surface area contributed by atoms with E-state index in [0.29, 0.717) is 10.0 Å². The molecule has 0 spiro atoms. The number of nitrogens with zero attached hydrogens (tertiary/aromatic N) is 1. The standard InChI is InChI=1S/C18H13Cl2NO/c1-22-16-8-14(12-4-5-17(19)18(20)10-12)7-15(9-16)13-3-2-6-21-11-13/h2-11H,1H3. The number of hydrogen-bond donors (Lipinski definition) is 0. The number of pyridine rings is 1. The molecule has 2 nitrogen and oxygen atoms in total. The highest BCUT2D eigenvalue weighted by atomic mass is 35.5. The van der Waals surface area contributed by atoms with Gasteiger partial charge >= 0.3 is 0 Å². The lowest BCUT2D eigenvalue weighted by molar-refractivity contribution is 0.415. The fraction of sp³-hybridized carbons (Fsp3) is 0.0556. The lowest BCUT2D eigenvalue weighted by Gasteiger charge is -2.10. The summed E-state index contributed by atoms with van der Waals surface area (Å²) in [5, 5.41) is 1.07. The normalized spacial score (nSPS) is 10.5. The number of ether oxygens (including phenoxy) is 1. The molecule has 0 amide bonds. The minimum Gasteiger partial charge on any atom is -0.497 e. The molecular formula is C18H13Cl2NO. The molecule has 3 aromatic rings. The first-order valence-corrected chi connectivity index (χ1v) is 7.48. The summed E-state index contributed by atoms with van der Waals surface area (Å²) in [5.41, 5.74) is 4.06. The quantitative estimate of drug-likeness (QED) is 0.612. The van der Waals surface area contributed by atoms with E-state index in [0.717, 1.165) is 28.0 Å². The Bertz CT molecular complexity index is 803. The Labute approximate surface area is 139 Å². The highest BCUT2D eigenvalue weighted by molar-refractivity contribution is 6.42. The lowest BCUT2D eigenvalue weighted by Crippen LogP contribution is -1.88. The minimum absolute atomic E-state index is 0.532. The molecule has 0 saturated carbocycles. The molecule has 0 bridgehead atoms. The Balaban J connectivity index is 2.13. The fourth-order valence-electron chi connectivity index (χ4n) is 2.26. The zero-order chi connectivity index (χ0) is 15.5. The Morgan fingerprint density at radius 2 is 1.59 bits per heavy atom. The molecule has 0 aliphatic carbocycles. The smallest absolute Gasteiger partial charge is 0.120 e. The van der Waals surface area contributed by atoms with Crippen molar-refractivity contribution >= 4 is 23.2 Å². The number of methoxy groups -OCH3 is 1. The van der Waals surface area contributed by atoms with Crippen LogP contribution in [0.2, 0.25) is 10.0 Å². The van der Waals surface area contributed by atoms with E-state index >= 15 is 0 Å². The molecule has 0 atom stereocenters. The van der Waals surface area contributed by atoms with Crippen LogP contribution >= 0.6 is 23.2 Å². The molecule has 0 fully saturated rings. The zero-order valence-corrected chi connectivity index (χ0v) is 13.4. The van der Waals surface area contributed by atoms with Gasteiger partial charge in [0.1, 0.15) is 5.75 Å². The van der Waals surface area contributed by atoms with Gasteiger partial charge in [0, 0.05) is 18.0 Å². The molecule has 4 heteroatoms. The van der Waals surface area contributed by atoms with Crippen LogP contribution in [0.5, 0.6) is 5.75 Å². The summed E-state index contributed by atoms with van der Waals surface area (Å²) in [6.45, 7) is 0.